The van der Waals surface area contributed by atoms with E-state index in [2.05, 4.69) is 9.88 Å². The molecule has 0 bridgehead atoms. The van der Waals surface area contributed by atoms with Crippen LogP contribution in [0, 0.1) is 6.92 Å². The van der Waals surface area contributed by atoms with Crippen LogP contribution in [0.15, 0.2) is 64.0 Å². The van der Waals surface area contributed by atoms with Gasteiger partial charge in [-0.1, -0.05) is 47.6 Å². The molecule has 0 radical (unpaired) electrons. The molecule has 0 unspecified atom stereocenters. The molecule has 0 aliphatic rings. The maximum Gasteiger partial charge on any atom is 0.240 e. The fourth-order valence-corrected chi connectivity index (χ4v) is 3.75. The van der Waals surface area contributed by atoms with Gasteiger partial charge in [-0.25, -0.2) is 13.1 Å². The zero-order valence-corrected chi connectivity index (χ0v) is 15.2. The van der Waals surface area contributed by atoms with Gasteiger partial charge in [0.1, 0.15) is 11.5 Å². The van der Waals surface area contributed by atoms with E-state index in [0.29, 0.717) is 12.2 Å². The molecule has 0 amide bonds. The third kappa shape index (κ3) is 3.85. The van der Waals surface area contributed by atoms with Gasteiger partial charge in [0, 0.05) is 18.7 Å². The second kappa shape index (κ2) is 7.82. The summed E-state index contributed by atoms with van der Waals surface area (Å²) in [4.78, 5) is 0.176. The first-order valence-electron chi connectivity index (χ1n) is 8.25. The summed E-state index contributed by atoms with van der Waals surface area (Å²) in [6, 6.07) is 16.3. The van der Waals surface area contributed by atoms with Crippen LogP contribution in [0.2, 0.25) is 0 Å². The fourth-order valence-electron chi connectivity index (χ4n) is 2.67. The van der Waals surface area contributed by atoms with Crippen LogP contribution >= 0.6 is 0 Å². The predicted octanol–water partition coefficient (Wildman–Crippen LogP) is 2.98. The molecule has 26 heavy (non-hydrogen) atoms. The average molecular weight is 372 g/mol. The van der Waals surface area contributed by atoms with Crippen molar-refractivity contribution in [2.75, 3.05) is 13.2 Å². The van der Waals surface area contributed by atoms with Gasteiger partial charge in [-0.05, 0) is 31.0 Å². The van der Waals surface area contributed by atoms with Gasteiger partial charge in [-0.2, -0.15) is 0 Å². The van der Waals surface area contributed by atoms with Crippen molar-refractivity contribution < 1.29 is 18.0 Å². The van der Waals surface area contributed by atoms with E-state index in [1.165, 1.54) is 0 Å². The van der Waals surface area contributed by atoms with Gasteiger partial charge < -0.3 is 9.63 Å². The second-order valence-corrected chi connectivity index (χ2v) is 7.59. The Balaban J connectivity index is 1.92. The third-order valence-corrected chi connectivity index (χ3v) is 5.47. The maximum absolute atomic E-state index is 12.2. The Hall–Kier alpha value is -2.48. The predicted molar refractivity (Wildman–Crippen MR) is 99.0 cm³/mol. The quantitative estimate of drug-likeness (QED) is 0.622. The maximum atomic E-state index is 12.2. The van der Waals surface area contributed by atoms with Gasteiger partial charge in [-0.3, -0.25) is 0 Å². The van der Waals surface area contributed by atoms with Crippen molar-refractivity contribution in [3.05, 3.63) is 60.4 Å². The lowest BCUT2D eigenvalue weighted by Crippen LogP contribution is -2.25. The molecule has 2 N–H and O–H groups in total. The summed E-state index contributed by atoms with van der Waals surface area (Å²) in [5, 5.41) is 12.9. The van der Waals surface area contributed by atoms with Gasteiger partial charge in [0.05, 0.1) is 10.5 Å². The van der Waals surface area contributed by atoms with Crippen LogP contribution in [0.5, 0.6) is 0 Å². The Morgan fingerprint density at radius 3 is 2.38 bits per heavy atom. The molecule has 0 aliphatic carbocycles. The molecular formula is C19H20N2O4S. The van der Waals surface area contributed by atoms with E-state index in [9.17, 15) is 8.42 Å². The summed E-state index contributed by atoms with van der Waals surface area (Å²) in [7, 11) is -3.59. The van der Waals surface area contributed by atoms with Gasteiger partial charge >= 0.3 is 0 Å². The van der Waals surface area contributed by atoms with Crippen molar-refractivity contribution in [1.29, 1.82) is 0 Å². The highest BCUT2D eigenvalue weighted by atomic mass is 32.2. The van der Waals surface area contributed by atoms with E-state index in [4.69, 9.17) is 9.63 Å². The largest absolute Gasteiger partial charge is 0.396 e. The molecule has 7 heteroatoms. The van der Waals surface area contributed by atoms with Crippen molar-refractivity contribution in [2.45, 2.75) is 18.2 Å². The lowest BCUT2D eigenvalue weighted by molar-refractivity contribution is 0.289. The number of sulfonamides is 1. The van der Waals surface area contributed by atoms with Gasteiger partial charge in [0.2, 0.25) is 10.0 Å². The summed E-state index contributed by atoms with van der Waals surface area (Å²) in [6.45, 7) is 1.97. The topological polar surface area (TPSA) is 92.4 Å². The molecule has 0 atom stereocenters. The monoisotopic (exact) mass is 372 g/mol. The molecule has 0 saturated heterocycles. The third-order valence-electron chi connectivity index (χ3n) is 3.99. The van der Waals surface area contributed by atoms with Crippen LogP contribution in [0.25, 0.3) is 22.4 Å². The fraction of sp³-hybridized carbons (Fsp3) is 0.211. The van der Waals surface area contributed by atoms with E-state index >= 15 is 0 Å². The summed E-state index contributed by atoms with van der Waals surface area (Å²) >= 11 is 0. The minimum Gasteiger partial charge on any atom is -0.396 e. The number of rotatable bonds is 7. The SMILES string of the molecule is Cc1onc(-c2ccccc2)c1-c1ccc(S(=O)(=O)NCCCO)cc1. The molecule has 3 rings (SSSR count). The van der Waals surface area contributed by atoms with Crippen LogP contribution < -0.4 is 4.72 Å². The number of hydrogen-bond donors (Lipinski definition) is 2. The van der Waals surface area contributed by atoms with E-state index < -0.39 is 10.0 Å². The number of aliphatic hydroxyl groups is 1. The van der Waals surface area contributed by atoms with E-state index in [0.717, 1.165) is 22.4 Å². The summed E-state index contributed by atoms with van der Waals surface area (Å²) in [6.07, 6.45) is 0.373. The number of aliphatic hydroxyl groups excluding tert-OH is 1. The highest BCUT2D eigenvalue weighted by Gasteiger charge is 2.18. The molecule has 136 valence electrons. The summed E-state index contributed by atoms with van der Waals surface area (Å²) in [5.74, 6) is 0.667. The molecule has 0 aliphatic heterocycles. The van der Waals surface area contributed by atoms with E-state index in [1.54, 1.807) is 24.3 Å². The standard InChI is InChI=1S/C19H20N2O4S/c1-14-18(19(21-25-14)16-6-3-2-4-7-16)15-8-10-17(11-9-15)26(23,24)20-12-5-13-22/h2-4,6-11,20,22H,5,12-13H2,1H3. The van der Waals surface area contributed by atoms with Crippen molar-refractivity contribution in [2.24, 2.45) is 0 Å². The van der Waals surface area contributed by atoms with Gasteiger partial charge in [0.15, 0.2) is 0 Å². The van der Waals surface area contributed by atoms with Crippen LogP contribution in [0.3, 0.4) is 0 Å². The van der Waals surface area contributed by atoms with Gasteiger partial charge in [0.25, 0.3) is 0 Å². The van der Waals surface area contributed by atoms with Crippen molar-refractivity contribution in [3.8, 4) is 22.4 Å². The molecule has 3 aromatic rings. The molecule has 1 heterocycles. The van der Waals surface area contributed by atoms with Crippen molar-refractivity contribution >= 4 is 10.0 Å². The lowest BCUT2D eigenvalue weighted by atomic mass is 10.00. The highest BCUT2D eigenvalue weighted by molar-refractivity contribution is 7.89. The number of aromatic nitrogens is 1. The zero-order valence-electron chi connectivity index (χ0n) is 14.3. The molecular weight excluding hydrogens is 352 g/mol. The van der Waals surface area contributed by atoms with Crippen LogP contribution in [0.1, 0.15) is 12.2 Å². The normalized spacial score (nSPS) is 11.6. The number of nitrogens with zero attached hydrogens (tertiary/aromatic N) is 1. The van der Waals surface area contributed by atoms with Crippen LogP contribution in [-0.2, 0) is 10.0 Å². The molecule has 2 aromatic carbocycles. The summed E-state index contributed by atoms with van der Waals surface area (Å²) in [5.41, 5.74) is 3.33. The first kappa shape index (κ1) is 18.3. The van der Waals surface area contributed by atoms with Crippen molar-refractivity contribution in [1.82, 2.24) is 9.88 Å². The Morgan fingerprint density at radius 2 is 1.73 bits per heavy atom. The molecule has 6 nitrogen and oxygen atoms in total. The van der Waals surface area contributed by atoms with Gasteiger partial charge in [-0.15, -0.1) is 0 Å². The van der Waals surface area contributed by atoms with Crippen molar-refractivity contribution in [3.63, 3.8) is 0 Å². The molecule has 0 saturated carbocycles. The van der Waals surface area contributed by atoms with Crippen LogP contribution in [0.4, 0.5) is 0 Å². The second-order valence-electron chi connectivity index (χ2n) is 5.83. The molecule has 1 aromatic heterocycles. The van der Waals surface area contributed by atoms with E-state index in [1.807, 2.05) is 37.3 Å². The highest BCUT2D eigenvalue weighted by Crippen LogP contribution is 2.34. The Bertz CT molecular complexity index is 965. The number of nitrogens with one attached hydrogen (secondary N) is 1. The Labute approximate surface area is 152 Å². The minimum absolute atomic E-state index is 0.0590. The number of benzene rings is 2. The number of aryl methyl sites for hydroxylation is 1. The van der Waals surface area contributed by atoms with E-state index in [-0.39, 0.29) is 18.0 Å². The Morgan fingerprint density at radius 1 is 1.04 bits per heavy atom. The summed E-state index contributed by atoms with van der Waals surface area (Å²) < 4.78 is 32.3. The first-order chi connectivity index (χ1) is 12.5. The lowest BCUT2D eigenvalue weighted by Gasteiger charge is -2.08. The molecule has 0 spiro atoms. The first-order valence-corrected chi connectivity index (χ1v) is 9.74. The zero-order chi connectivity index (χ0) is 18.6. The minimum atomic E-state index is -3.59. The number of hydrogen-bond acceptors (Lipinski definition) is 5. The Kier molecular flexibility index (Phi) is 5.51. The van der Waals surface area contributed by atoms with Crippen LogP contribution in [-0.4, -0.2) is 31.8 Å². The molecule has 0 fully saturated rings. The smallest absolute Gasteiger partial charge is 0.240 e. The average Bonchev–Trinajstić information content (AvgIpc) is 3.04.